The number of benzene rings is 2. The second kappa shape index (κ2) is 8.51. The fraction of sp³-hybridized carbons (Fsp3) is 0.217. The first-order valence-corrected chi connectivity index (χ1v) is 10.0. The molecular formula is C23H15F8N3O. The standard InChI is InChI=1S/C23H15F8N3O/c1-10-3-12(23(29,30)31)6-21(32-10)34-18-8-15(26)13(24)4-11(18)5-20(34)22(35)33(2)19-9-16(27)14(25)7-17(19)28/h3-4,6-9,20H,5H2,1-2H3. The number of carbonyl (C=O) groups is 1. The van der Waals surface area contributed by atoms with Crippen LogP contribution in [0.4, 0.5) is 52.3 Å². The van der Waals surface area contributed by atoms with Crippen LogP contribution in [0, 0.1) is 36.0 Å². The van der Waals surface area contributed by atoms with Crippen LogP contribution in [0.15, 0.2) is 36.4 Å². The van der Waals surface area contributed by atoms with Gasteiger partial charge in [-0.3, -0.25) is 4.79 Å². The number of alkyl halides is 3. The monoisotopic (exact) mass is 501 g/mol. The topological polar surface area (TPSA) is 36.4 Å². The number of anilines is 3. The van der Waals surface area contributed by atoms with Crippen molar-refractivity contribution < 1.29 is 39.9 Å². The summed E-state index contributed by atoms with van der Waals surface area (Å²) < 4.78 is 110. The Kier molecular flexibility index (Phi) is 5.94. The first-order chi connectivity index (χ1) is 16.3. The van der Waals surface area contributed by atoms with Gasteiger partial charge in [-0.1, -0.05) is 0 Å². The van der Waals surface area contributed by atoms with E-state index in [1.54, 1.807) is 0 Å². The highest BCUT2D eigenvalue weighted by Gasteiger charge is 2.41. The average Bonchev–Trinajstić information content (AvgIpc) is 3.12. The number of likely N-dealkylation sites (N-methyl/N-ethyl adjacent to an activating group) is 1. The quantitative estimate of drug-likeness (QED) is 0.335. The van der Waals surface area contributed by atoms with Gasteiger partial charge in [0.2, 0.25) is 5.91 Å². The Hall–Kier alpha value is -3.70. The molecule has 0 spiro atoms. The number of hydrogen-bond donors (Lipinski definition) is 0. The van der Waals surface area contributed by atoms with Crippen LogP contribution in [-0.2, 0) is 17.4 Å². The van der Waals surface area contributed by atoms with E-state index in [4.69, 9.17) is 0 Å². The van der Waals surface area contributed by atoms with Crippen molar-refractivity contribution in [3.05, 3.63) is 82.3 Å². The number of nitrogens with zero attached hydrogens (tertiary/aromatic N) is 3. The van der Waals surface area contributed by atoms with Crippen LogP contribution in [-0.4, -0.2) is 24.0 Å². The van der Waals surface area contributed by atoms with Crippen LogP contribution >= 0.6 is 0 Å². The zero-order valence-electron chi connectivity index (χ0n) is 18.0. The summed E-state index contributed by atoms with van der Waals surface area (Å²) in [6.07, 6.45) is -5.08. The highest BCUT2D eigenvalue weighted by Crippen LogP contribution is 2.41. The van der Waals surface area contributed by atoms with Crippen LogP contribution in [0.5, 0.6) is 0 Å². The van der Waals surface area contributed by atoms with Crippen molar-refractivity contribution in [2.45, 2.75) is 25.6 Å². The molecule has 0 fully saturated rings. The molecule has 2 aromatic carbocycles. The van der Waals surface area contributed by atoms with Crippen molar-refractivity contribution in [3.63, 3.8) is 0 Å². The molecular weight excluding hydrogens is 486 g/mol. The number of halogens is 8. The molecule has 0 saturated carbocycles. The van der Waals surface area contributed by atoms with Crippen molar-refractivity contribution >= 4 is 23.1 Å². The molecule has 1 aromatic heterocycles. The third-order valence-electron chi connectivity index (χ3n) is 5.59. The lowest BCUT2D eigenvalue weighted by molar-refractivity contribution is -0.137. The summed E-state index contributed by atoms with van der Waals surface area (Å²) in [6.45, 7) is 1.28. The van der Waals surface area contributed by atoms with Crippen molar-refractivity contribution in [1.29, 1.82) is 0 Å². The van der Waals surface area contributed by atoms with Crippen molar-refractivity contribution in [3.8, 4) is 0 Å². The van der Waals surface area contributed by atoms with E-state index in [1.807, 2.05) is 0 Å². The fourth-order valence-electron chi connectivity index (χ4n) is 3.96. The Bertz CT molecular complexity index is 1340. The van der Waals surface area contributed by atoms with Gasteiger partial charge >= 0.3 is 6.18 Å². The van der Waals surface area contributed by atoms with Gasteiger partial charge in [-0.2, -0.15) is 13.2 Å². The van der Waals surface area contributed by atoms with Gasteiger partial charge in [0.05, 0.1) is 11.3 Å². The Morgan fingerprint density at radius 2 is 1.51 bits per heavy atom. The van der Waals surface area contributed by atoms with E-state index in [0.717, 1.165) is 24.1 Å². The highest BCUT2D eigenvalue weighted by molar-refractivity contribution is 6.01. The van der Waals surface area contributed by atoms with Gasteiger partial charge < -0.3 is 9.80 Å². The number of fused-ring (bicyclic) bond motifs is 1. The van der Waals surface area contributed by atoms with Gasteiger partial charge in [-0.05, 0) is 30.7 Å². The molecule has 1 unspecified atom stereocenters. The number of hydrogen-bond acceptors (Lipinski definition) is 3. The highest BCUT2D eigenvalue weighted by atomic mass is 19.4. The van der Waals surface area contributed by atoms with E-state index in [1.165, 1.54) is 6.92 Å². The summed E-state index contributed by atoms with van der Waals surface area (Å²) in [4.78, 5) is 19.0. The van der Waals surface area contributed by atoms with Gasteiger partial charge in [0.15, 0.2) is 23.3 Å². The second-order valence-electron chi connectivity index (χ2n) is 7.95. The SMILES string of the molecule is Cc1cc(C(F)(F)F)cc(N2c3cc(F)c(F)cc3CC2C(=O)N(C)c2cc(F)c(F)cc2F)n1. The molecule has 0 N–H and O–H groups in total. The number of aromatic nitrogens is 1. The molecule has 0 radical (unpaired) electrons. The molecule has 35 heavy (non-hydrogen) atoms. The second-order valence-corrected chi connectivity index (χ2v) is 7.95. The molecule has 0 aliphatic carbocycles. The van der Waals surface area contributed by atoms with Crippen LogP contribution in [0.2, 0.25) is 0 Å². The lowest BCUT2D eigenvalue weighted by Crippen LogP contribution is -2.45. The number of aryl methyl sites for hydroxylation is 1. The van der Waals surface area contributed by atoms with Crippen LogP contribution in [0.3, 0.4) is 0 Å². The first kappa shape index (κ1) is 24.4. The van der Waals surface area contributed by atoms with E-state index in [0.29, 0.717) is 23.1 Å². The summed E-state index contributed by atoms with van der Waals surface area (Å²) in [5, 5.41) is 0. The van der Waals surface area contributed by atoms with Crippen molar-refractivity contribution in [2.24, 2.45) is 0 Å². The van der Waals surface area contributed by atoms with Gasteiger partial charge in [-0.25, -0.2) is 26.9 Å². The van der Waals surface area contributed by atoms with E-state index in [2.05, 4.69) is 4.98 Å². The summed E-state index contributed by atoms with van der Waals surface area (Å²) in [5.74, 6) is -8.12. The molecule has 12 heteroatoms. The zero-order chi connectivity index (χ0) is 25.8. The number of carbonyl (C=O) groups excluding carboxylic acids is 1. The summed E-state index contributed by atoms with van der Waals surface area (Å²) in [6, 6.07) is 2.17. The zero-order valence-corrected chi connectivity index (χ0v) is 18.0. The van der Waals surface area contributed by atoms with E-state index in [9.17, 15) is 39.9 Å². The van der Waals surface area contributed by atoms with Crippen molar-refractivity contribution in [1.82, 2.24) is 4.98 Å². The molecule has 4 rings (SSSR count). The van der Waals surface area contributed by atoms with Gasteiger partial charge in [0, 0.05) is 43.0 Å². The Labute approximate surface area is 193 Å². The summed E-state index contributed by atoms with van der Waals surface area (Å²) >= 11 is 0. The number of pyridine rings is 1. The molecule has 0 saturated heterocycles. The largest absolute Gasteiger partial charge is 0.416 e. The Morgan fingerprint density at radius 1 is 0.914 bits per heavy atom. The van der Waals surface area contributed by atoms with E-state index in [-0.39, 0.29) is 35.2 Å². The molecule has 1 aliphatic heterocycles. The maximum atomic E-state index is 14.3. The predicted molar refractivity (Wildman–Crippen MR) is 110 cm³/mol. The minimum absolute atomic E-state index is 0.0722. The van der Waals surface area contributed by atoms with Crippen LogP contribution in [0.25, 0.3) is 0 Å². The number of rotatable bonds is 3. The normalized spacial score (nSPS) is 15.4. The fourth-order valence-corrected chi connectivity index (χ4v) is 3.96. The number of amides is 1. The summed E-state index contributed by atoms with van der Waals surface area (Å²) in [5.41, 5.74) is -1.85. The molecule has 184 valence electrons. The lowest BCUT2D eigenvalue weighted by Gasteiger charge is -2.30. The molecule has 1 aliphatic rings. The molecule has 4 nitrogen and oxygen atoms in total. The molecule has 1 atom stereocenters. The molecule has 3 aromatic rings. The average molecular weight is 501 g/mol. The predicted octanol–water partition coefficient (Wildman–Crippen LogP) is 5.83. The maximum Gasteiger partial charge on any atom is 0.416 e. The Balaban J connectivity index is 1.84. The minimum atomic E-state index is -4.77. The molecule has 2 heterocycles. The smallest absolute Gasteiger partial charge is 0.313 e. The first-order valence-electron chi connectivity index (χ1n) is 10.0. The van der Waals surface area contributed by atoms with Crippen LogP contribution in [0.1, 0.15) is 16.8 Å². The lowest BCUT2D eigenvalue weighted by atomic mass is 10.1. The third-order valence-corrected chi connectivity index (χ3v) is 5.59. The maximum absolute atomic E-state index is 14.3. The van der Waals surface area contributed by atoms with Gasteiger partial charge in [0.25, 0.3) is 0 Å². The minimum Gasteiger partial charge on any atom is -0.313 e. The third kappa shape index (κ3) is 4.40. The van der Waals surface area contributed by atoms with Gasteiger partial charge in [0.1, 0.15) is 17.7 Å². The van der Waals surface area contributed by atoms with Crippen molar-refractivity contribution in [2.75, 3.05) is 16.8 Å². The van der Waals surface area contributed by atoms with Crippen LogP contribution < -0.4 is 9.80 Å². The van der Waals surface area contributed by atoms with E-state index >= 15 is 0 Å². The van der Waals surface area contributed by atoms with E-state index < -0.39 is 58.5 Å². The summed E-state index contributed by atoms with van der Waals surface area (Å²) in [7, 11) is 1.05. The Morgan fingerprint density at radius 3 is 2.17 bits per heavy atom. The molecule has 0 bridgehead atoms. The van der Waals surface area contributed by atoms with Gasteiger partial charge in [-0.15, -0.1) is 0 Å². The molecule has 1 amide bonds.